The average Bonchev–Trinajstić information content (AvgIpc) is 4.43. The maximum Gasteiger partial charge on any atom is 0.256 e. The van der Waals surface area contributed by atoms with Crippen LogP contribution in [0.15, 0.2) is 212 Å². The molecular formula is C67H38B2N4O2. The van der Waals surface area contributed by atoms with Crippen molar-refractivity contribution in [2.45, 2.75) is 6.92 Å². The lowest BCUT2D eigenvalue weighted by molar-refractivity contribution is 0.459. The maximum absolute atomic E-state index is 7.27. The van der Waals surface area contributed by atoms with Crippen molar-refractivity contribution in [1.82, 2.24) is 18.3 Å². The fourth-order valence-electron chi connectivity index (χ4n) is 14.8. The Morgan fingerprint density at radius 2 is 0.653 bits per heavy atom. The minimum Gasteiger partial charge on any atom is -0.458 e. The molecule has 4 aromatic heterocycles. The molecule has 0 amide bonds. The number of aromatic nitrogens is 4. The van der Waals surface area contributed by atoms with Crippen molar-refractivity contribution in [3.8, 4) is 45.7 Å². The predicted octanol–water partition coefficient (Wildman–Crippen LogP) is 12.3. The van der Waals surface area contributed by atoms with Crippen LogP contribution in [0, 0.1) is 6.92 Å². The molecule has 0 saturated heterocycles. The summed E-state index contributed by atoms with van der Waals surface area (Å²) in [7, 11) is 0. The molecule has 0 aliphatic carbocycles. The number of fused-ring (bicyclic) bond motifs is 20. The second kappa shape index (κ2) is 13.5. The van der Waals surface area contributed by atoms with Crippen molar-refractivity contribution in [3.63, 3.8) is 0 Å². The Hall–Kier alpha value is -9.65. The van der Waals surface area contributed by atoms with Gasteiger partial charge < -0.3 is 27.7 Å². The highest BCUT2D eigenvalue weighted by Crippen LogP contribution is 2.46. The standard InChI is InChI=1S/C67H38B2N4O2/c1-37-66-46(68-44-32-34-54(70-48-22-8-2-16-38(48)39-17-3-9-23-49(39)70)60-42-20-6-12-26-52(42)72(64(44)60)56-28-14-30-58(74-66)62(56)68)36-47-67(37)75-59-31-15-29-57-63(59)69(47)45-33-35-55(61-43-21-7-13-27-53(43)73(57)65(45)61)71-50-24-10-4-18-40(50)41-19-5-11-25-51(41)71/h2-36H,1H3. The third kappa shape index (κ3) is 4.56. The summed E-state index contributed by atoms with van der Waals surface area (Å²) in [6, 6.07) is 78.7. The number of nitrogens with zero attached hydrogens (tertiary/aromatic N) is 4. The summed E-state index contributed by atoms with van der Waals surface area (Å²) in [5.41, 5.74) is 22.6. The number of ether oxygens (including phenoxy) is 2. The molecule has 15 aromatic rings. The van der Waals surface area contributed by atoms with Crippen LogP contribution in [-0.4, -0.2) is 31.7 Å². The maximum atomic E-state index is 7.27. The first kappa shape index (κ1) is 39.0. The van der Waals surface area contributed by atoms with Gasteiger partial charge in [-0.25, -0.2) is 0 Å². The number of hydrogen-bond donors (Lipinski definition) is 0. The molecule has 344 valence electrons. The molecule has 8 heterocycles. The fraction of sp³-hybridized carbons (Fsp3) is 0.0149. The highest BCUT2D eigenvalue weighted by atomic mass is 16.5. The lowest BCUT2D eigenvalue weighted by atomic mass is 9.31. The molecule has 11 aromatic carbocycles. The van der Waals surface area contributed by atoms with E-state index in [4.69, 9.17) is 9.47 Å². The Kier molecular flexibility index (Phi) is 7.01. The molecule has 75 heavy (non-hydrogen) atoms. The zero-order chi connectivity index (χ0) is 48.5. The van der Waals surface area contributed by atoms with Gasteiger partial charge in [0.2, 0.25) is 0 Å². The van der Waals surface area contributed by atoms with Gasteiger partial charge in [0, 0.05) is 60.0 Å². The van der Waals surface area contributed by atoms with E-state index in [-0.39, 0.29) is 13.4 Å². The summed E-state index contributed by atoms with van der Waals surface area (Å²) in [6.07, 6.45) is 0. The number of benzene rings is 11. The highest BCUT2D eigenvalue weighted by molar-refractivity contribution is 7.02. The Morgan fingerprint density at radius 1 is 0.307 bits per heavy atom. The van der Waals surface area contributed by atoms with Crippen LogP contribution in [0.2, 0.25) is 0 Å². The zero-order valence-electron chi connectivity index (χ0n) is 40.5. The minimum absolute atomic E-state index is 0.111. The van der Waals surface area contributed by atoms with Crippen LogP contribution in [0.25, 0.3) is 110 Å². The van der Waals surface area contributed by atoms with Crippen LogP contribution in [0.3, 0.4) is 0 Å². The summed E-state index contributed by atoms with van der Waals surface area (Å²) in [5.74, 6) is 3.53. The molecule has 0 radical (unpaired) electrons. The van der Waals surface area contributed by atoms with Gasteiger partial charge in [-0.3, -0.25) is 0 Å². The Morgan fingerprint density at radius 3 is 1.04 bits per heavy atom. The van der Waals surface area contributed by atoms with E-state index in [0.29, 0.717) is 0 Å². The monoisotopic (exact) mass is 952 g/mol. The molecular weight excluding hydrogens is 914 g/mol. The number of para-hydroxylation sites is 6. The lowest BCUT2D eigenvalue weighted by Crippen LogP contribution is -2.62. The second-order valence-corrected chi connectivity index (χ2v) is 21.0. The van der Waals surface area contributed by atoms with Crippen molar-refractivity contribution in [1.29, 1.82) is 0 Å². The van der Waals surface area contributed by atoms with Gasteiger partial charge in [-0.2, -0.15) is 0 Å². The van der Waals surface area contributed by atoms with E-state index in [9.17, 15) is 0 Å². The Labute approximate surface area is 429 Å². The van der Waals surface area contributed by atoms with E-state index < -0.39 is 0 Å². The molecule has 0 bridgehead atoms. The van der Waals surface area contributed by atoms with E-state index in [0.717, 1.165) is 39.9 Å². The number of rotatable bonds is 2. The predicted molar refractivity (Wildman–Crippen MR) is 311 cm³/mol. The van der Waals surface area contributed by atoms with E-state index in [1.54, 1.807) is 0 Å². The summed E-state index contributed by atoms with van der Waals surface area (Å²) in [6.45, 7) is 1.99. The van der Waals surface area contributed by atoms with Crippen LogP contribution < -0.4 is 42.3 Å². The Bertz CT molecular complexity index is 4760. The summed E-state index contributed by atoms with van der Waals surface area (Å²) in [5, 5.41) is 9.98. The van der Waals surface area contributed by atoms with Crippen molar-refractivity contribution in [3.05, 3.63) is 218 Å². The van der Waals surface area contributed by atoms with E-state index >= 15 is 0 Å². The van der Waals surface area contributed by atoms with Crippen LogP contribution in [0.5, 0.6) is 23.0 Å². The number of hydrogen-bond acceptors (Lipinski definition) is 2. The van der Waals surface area contributed by atoms with Gasteiger partial charge in [0.1, 0.15) is 23.0 Å². The molecule has 4 aliphatic heterocycles. The van der Waals surface area contributed by atoms with E-state index in [1.807, 2.05) is 0 Å². The smallest absolute Gasteiger partial charge is 0.256 e. The Balaban J connectivity index is 0.896. The van der Waals surface area contributed by atoms with Gasteiger partial charge in [-0.1, -0.05) is 140 Å². The third-order valence-electron chi connectivity index (χ3n) is 17.6. The lowest BCUT2D eigenvalue weighted by Gasteiger charge is -2.38. The molecule has 8 heteroatoms. The summed E-state index contributed by atoms with van der Waals surface area (Å²) >= 11 is 0. The first-order valence-corrected chi connectivity index (χ1v) is 26.1. The topological polar surface area (TPSA) is 38.2 Å². The van der Waals surface area contributed by atoms with Crippen LogP contribution in [0.4, 0.5) is 0 Å². The fourth-order valence-corrected chi connectivity index (χ4v) is 14.8. The van der Waals surface area contributed by atoms with Crippen LogP contribution in [-0.2, 0) is 0 Å². The summed E-state index contributed by atoms with van der Waals surface area (Å²) < 4.78 is 24.6. The molecule has 6 nitrogen and oxygen atoms in total. The molecule has 4 aliphatic rings. The first-order valence-electron chi connectivity index (χ1n) is 26.1. The van der Waals surface area contributed by atoms with Crippen molar-refractivity contribution in [2.24, 2.45) is 0 Å². The summed E-state index contributed by atoms with van der Waals surface area (Å²) in [4.78, 5) is 0. The first-order chi connectivity index (χ1) is 37.2. The zero-order valence-corrected chi connectivity index (χ0v) is 40.5. The van der Waals surface area contributed by atoms with Gasteiger partial charge in [-0.15, -0.1) is 0 Å². The van der Waals surface area contributed by atoms with Crippen LogP contribution in [0.1, 0.15) is 5.56 Å². The van der Waals surface area contributed by atoms with Crippen LogP contribution >= 0.6 is 0 Å². The molecule has 0 saturated carbocycles. The van der Waals surface area contributed by atoms with E-state index in [2.05, 4.69) is 238 Å². The van der Waals surface area contributed by atoms with Gasteiger partial charge >= 0.3 is 0 Å². The molecule has 0 unspecified atom stereocenters. The largest absolute Gasteiger partial charge is 0.458 e. The molecule has 0 spiro atoms. The van der Waals surface area contributed by atoms with Crippen molar-refractivity contribution in [2.75, 3.05) is 0 Å². The minimum atomic E-state index is -0.111. The van der Waals surface area contributed by atoms with Gasteiger partial charge in [0.05, 0.1) is 55.5 Å². The highest BCUT2D eigenvalue weighted by Gasteiger charge is 2.47. The van der Waals surface area contributed by atoms with Gasteiger partial charge in [-0.05, 0) is 112 Å². The molecule has 0 fully saturated rings. The molecule has 0 atom stereocenters. The van der Waals surface area contributed by atoms with Gasteiger partial charge in [0.15, 0.2) is 0 Å². The second-order valence-electron chi connectivity index (χ2n) is 21.0. The molecule has 0 N–H and O–H groups in total. The van der Waals surface area contributed by atoms with Crippen molar-refractivity contribution < 1.29 is 9.47 Å². The van der Waals surface area contributed by atoms with E-state index in [1.165, 1.54) is 131 Å². The van der Waals surface area contributed by atoms with Gasteiger partial charge in [0.25, 0.3) is 13.4 Å². The van der Waals surface area contributed by atoms with Crippen molar-refractivity contribution >= 4 is 133 Å². The quantitative estimate of drug-likeness (QED) is 0.162. The third-order valence-corrected chi connectivity index (χ3v) is 17.6. The average molecular weight is 953 g/mol. The normalized spacial score (nSPS) is 13.6. The molecule has 19 rings (SSSR count). The SMILES string of the molecule is Cc1c2c(cc3c1Oc1cccc4c1B3c1ccc(-n3c5ccccc5c5ccccc53)c3c5ccccc5n-4c13)B1c3c(cccc3-n3c4ccccc4c4c(-n5c6ccccc6c6ccccc65)ccc1c43)O2.